The number of hydrogen-bond acceptors (Lipinski definition) is 4. The minimum Gasteiger partial charge on any atom is -0.444 e. The molecule has 2 fully saturated rings. The van der Waals surface area contributed by atoms with Gasteiger partial charge in [0.25, 0.3) is 0 Å². The molecule has 1 spiro atoms. The molecule has 0 radical (unpaired) electrons. The topological polar surface area (TPSA) is 51.1 Å². The van der Waals surface area contributed by atoms with Crippen molar-refractivity contribution in [1.29, 1.82) is 0 Å². The fourth-order valence-electron chi connectivity index (χ4n) is 3.96. The second kappa shape index (κ2) is 5.88. The van der Waals surface area contributed by atoms with Crippen LogP contribution >= 0.6 is 11.6 Å². The van der Waals surface area contributed by atoms with Gasteiger partial charge in [-0.05, 0) is 51.3 Å². The van der Waals surface area contributed by atoms with Gasteiger partial charge in [-0.15, -0.1) is 0 Å². The Morgan fingerprint density at radius 1 is 1.23 bits per heavy atom. The Morgan fingerprint density at radius 2 is 1.92 bits per heavy atom. The van der Waals surface area contributed by atoms with Gasteiger partial charge in [-0.2, -0.15) is 0 Å². The van der Waals surface area contributed by atoms with Crippen LogP contribution in [0.5, 0.6) is 0 Å². The van der Waals surface area contributed by atoms with Crippen LogP contribution in [0.1, 0.15) is 52.0 Å². The van der Waals surface area contributed by atoms with Gasteiger partial charge in [0.05, 0.1) is 12.3 Å². The normalized spacial score (nSPS) is 26.6. The van der Waals surface area contributed by atoms with E-state index in [9.17, 15) is 4.79 Å². The molecule has 1 saturated carbocycles. The van der Waals surface area contributed by atoms with Crippen molar-refractivity contribution in [2.75, 3.05) is 13.1 Å². The van der Waals surface area contributed by atoms with Crippen LogP contribution in [0.15, 0.2) is 29.4 Å². The summed E-state index contributed by atoms with van der Waals surface area (Å²) < 4.78 is 5.49. The molecule has 0 aromatic heterocycles. The van der Waals surface area contributed by atoms with Crippen molar-refractivity contribution in [3.63, 3.8) is 0 Å². The number of benzene rings is 1. The highest BCUT2D eigenvalue weighted by Crippen LogP contribution is 2.53. The van der Waals surface area contributed by atoms with Crippen LogP contribution in [-0.2, 0) is 15.0 Å². The van der Waals surface area contributed by atoms with E-state index < -0.39 is 11.2 Å². The van der Waals surface area contributed by atoms with Crippen LogP contribution in [0.2, 0.25) is 5.02 Å². The number of likely N-dealkylation sites (tertiary alicyclic amines) is 1. The summed E-state index contributed by atoms with van der Waals surface area (Å²) in [6.07, 6.45) is 3.46. The first kappa shape index (κ1) is 17.7. The average molecular weight is 377 g/mol. The molecule has 1 saturated heterocycles. The number of nitrogens with zero attached hydrogens (tertiary/aromatic N) is 2. The van der Waals surface area contributed by atoms with Crippen molar-refractivity contribution < 1.29 is 14.4 Å². The first-order valence-corrected chi connectivity index (χ1v) is 9.59. The number of hydrogen-bond donors (Lipinski definition) is 0. The predicted molar refractivity (Wildman–Crippen MR) is 101 cm³/mol. The third kappa shape index (κ3) is 3.18. The molecule has 1 amide bonds. The van der Waals surface area contributed by atoms with Crippen LogP contribution in [0.3, 0.4) is 0 Å². The molecule has 1 aromatic rings. The van der Waals surface area contributed by atoms with Crippen LogP contribution in [0.4, 0.5) is 4.79 Å². The number of rotatable bonds is 2. The lowest BCUT2D eigenvalue weighted by molar-refractivity contribution is -0.0159. The lowest BCUT2D eigenvalue weighted by atomic mass is 9.84. The van der Waals surface area contributed by atoms with Crippen LogP contribution in [0.25, 0.3) is 0 Å². The predicted octanol–water partition coefficient (Wildman–Crippen LogP) is 4.53. The maximum atomic E-state index is 12.3. The molecule has 2 heterocycles. The molecule has 1 unspecified atom stereocenters. The number of carbonyl (C=O) groups excluding carboxylic acids is 1. The van der Waals surface area contributed by atoms with E-state index in [4.69, 9.17) is 21.2 Å². The van der Waals surface area contributed by atoms with Gasteiger partial charge >= 0.3 is 6.09 Å². The second-order valence-corrected chi connectivity index (χ2v) is 9.17. The first-order chi connectivity index (χ1) is 12.2. The molecule has 2 aliphatic heterocycles. The van der Waals surface area contributed by atoms with Crippen molar-refractivity contribution in [2.45, 2.75) is 63.1 Å². The molecule has 0 bridgehead atoms. The Kier molecular flexibility index (Phi) is 3.99. The van der Waals surface area contributed by atoms with E-state index in [0.29, 0.717) is 13.1 Å². The molecule has 140 valence electrons. The zero-order valence-corrected chi connectivity index (χ0v) is 16.3. The summed E-state index contributed by atoms with van der Waals surface area (Å²) in [5.74, 6) is 0. The van der Waals surface area contributed by atoms with Crippen molar-refractivity contribution in [3.05, 3.63) is 34.9 Å². The van der Waals surface area contributed by atoms with Gasteiger partial charge in [0, 0.05) is 29.8 Å². The molecule has 26 heavy (non-hydrogen) atoms. The zero-order valence-electron chi connectivity index (χ0n) is 15.5. The monoisotopic (exact) mass is 376 g/mol. The molecule has 4 rings (SSSR count). The van der Waals surface area contributed by atoms with E-state index in [1.807, 2.05) is 32.9 Å². The first-order valence-electron chi connectivity index (χ1n) is 9.21. The molecule has 0 N–H and O–H groups in total. The Labute approximate surface area is 159 Å². The van der Waals surface area contributed by atoms with Gasteiger partial charge in [-0.25, -0.2) is 4.79 Å². The van der Waals surface area contributed by atoms with Gasteiger partial charge in [0.15, 0.2) is 5.60 Å². The third-order valence-electron chi connectivity index (χ3n) is 5.51. The molecule has 6 heteroatoms. The molecule has 1 atom stereocenters. The van der Waals surface area contributed by atoms with Crippen molar-refractivity contribution in [1.82, 2.24) is 4.90 Å². The van der Waals surface area contributed by atoms with Gasteiger partial charge < -0.3 is 14.5 Å². The van der Waals surface area contributed by atoms with E-state index >= 15 is 0 Å². The van der Waals surface area contributed by atoms with Gasteiger partial charge in [0.1, 0.15) is 5.60 Å². The fourth-order valence-corrected chi connectivity index (χ4v) is 4.09. The molecule has 3 aliphatic rings. The molecular weight excluding hydrogens is 352 g/mol. The van der Waals surface area contributed by atoms with E-state index in [2.05, 4.69) is 17.3 Å². The number of oxime groups is 1. The number of carbonyl (C=O) groups is 1. The Hall–Kier alpha value is -1.75. The minimum absolute atomic E-state index is 0.00652. The van der Waals surface area contributed by atoms with E-state index in [1.165, 1.54) is 5.56 Å². The lowest BCUT2D eigenvalue weighted by Crippen LogP contribution is -2.39. The lowest BCUT2D eigenvalue weighted by Gasteiger charge is -2.26. The maximum absolute atomic E-state index is 12.3. The standard InChI is InChI=1S/C20H25ClN2O3/c1-18(2,3)25-17(24)23-11-10-19(13-23)12-16(22-26-19)20(8-9-20)14-4-6-15(21)7-5-14/h4-7H,8-13H2,1-3H3. The number of amides is 1. The average Bonchev–Trinajstić information content (AvgIpc) is 3.10. The van der Waals surface area contributed by atoms with Gasteiger partial charge in [-0.1, -0.05) is 28.9 Å². The maximum Gasteiger partial charge on any atom is 0.410 e. The Balaban J connectivity index is 1.44. The summed E-state index contributed by atoms with van der Waals surface area (Å²) in [6, 6.07) is 8.04. The highest BCUT2D eigenvalue weighted by Gasteiger charge is 2.56. The summed E-state index contributed by atoms with van der Waals surface area (Å²) in [6.45, 7) is 6.82. The number of halogens is 1. The van der Waals surface area contributed by atoms with E-state index in [0.717, 1.165) is 36.4 Å². The van der Waals surface area contributed by atoms with Gasteiger partial charge in [-0.3, -0.25) is 0 Å². The minimum atomic E-state index is -0.488. The Bertz CT molecular complexity index is 749. The SMILES string of the molecule is CC(C)(C)OC(=O)N1CCC2(CC(C3(c4ccc(Cl)cc4)CC3)=NO2)C1. The third-order valence-corrected chi connectivity index (χ3v) is 5.76. The quantitative estimate of drug-likeness (QED) is 0.762. The van der Waals surface area contributed by atoms with Crippen molar-refractivity contribution in [2.24, 2.45) is 5.16 Å². The van der Waals surface area contributed by atoms with Crippen molar-refractivity contribution in [3.8, 4) is 0 Å². The largest absolute Gasteiger partial charge is 0.444 e. The molecular formula is C20H25ClN2O3. The van der Waals surface area contributed by atoms with Gasteiger partial charge in [0.2, 0.25) is 0 Å². The summed E-state index contributed by atoms with van der Waals surface area (Å²) in [5.41, 5.74) is 1.47. The second-order valence-electron chi connectivity index (χ2n) is 8.73. The van der Waals surface area contributed by atoms with Crippen LogP contribution in [0, 0.1) is 0 Å². The smallest absolute Gasteiger partial charge is 0.410 e. The summed E-state index contributed by atoms with van der Waals surface area (Å²) in [4.78, 5) is 20.0. The highest BCUT2D eigenvalue weighted by molar-refractivity contribution is 6.30. The number of ether oxygens (including phenoxy) is 1. The summed E-state index contributed by atoms with van der Waals surface area (Å²) in [5, 5.41) is 5.22. The molecule has 5 nitrogen and oxygen atoms in total. The highest BCUT2D eigenvalue weighted by atomic mass is 35.5. The summed E-state index contributed by atoms with van der Waals surface area (Å²) >= 11 is 6.03. The fraction of sp³-hybridized carbons (Fsp3) is 0.600. The van der Waals surface area contributed by atoms with E-state index in [-0.39, 0.29) is 11.5 Å². The van der Waals surface area contributed by atoms with Crippen LogP contribution in [-0.4, -0.2) is 41.0 Å². The summed E-state index contributed by atoms with van der Waals surface area (Å²) in [7, 11) is 0. The Morgan fingerprint density at radius 3 is 2.54 bits per heavy atom. The molecule has 1 aliphatic carbocycles. The van der Waals surface area contributed by atoms with E-state index in [1.54, 1.807) is 4.90 Å². The van der Waals surface area contributed by atoms with Crippen LogP contribution < -0.4 is 0 Å². The van der Waals surface area contributed by atoms with Crippen molar-refractivity contribution >= 4 is 23.4 Å². The molecule has 1 aromatic carbocycles. The zero-order chi connectivity index (χ0) is 18.6.